The lowest BCUT2D eigenvalue weighted by molar-refractivity contribution is -0.137. The lowest BCUT2D eigenvalue weighted by Crippen LogP contribution is -2.09. The van der Waals surface area contributed by atoms with Crippen LogP contribution in [0.2, 0.25) is 0 Å². The van der Waals surface area contributed by atoms with Crippen LogP contribution in [0, 0.1) is 0 Å². The van der Waals surface area contributed by atoms with Crippen LogP contribution in [0.25, 0.3) is 5.69 Å². The first-order valence-electron chi connectivity index (χ1n) is 5.80. The number of alkyl halides is 3. The average molecular weight is 364 g/mol. The Hall–Kier alpha value is -1.90. The molecule has 0 amide bonds. The van der Waals surface area contributed by atoms with Crippen molar-refractivity contribution in [3.8, 4) is 5.69 Å². The van der Waals surface area contributed by atoms with E-state index >= 15 is 0 Å². The highest BCUT2D eigenvalue weighted by atomic mass is 79.9. The summed E-state index contributed by atoms with van der Waals surface area (Å²) in [6, 6.07) is 3.24. The van der Waals surface area contributed by atoms with Crippen molar-refractivity contribution < 1.29 is 23.1 Å². The molecule has 2 rings (SSSR count). The van der Waals surface area contributed by atoms with Crippen LogP contribution >= 0.6 is 15.9 Å². The topological polar surface area (TPSA) is 68.0 Å². The average Bonchev–Trinajstić information content (AvgIpc) is 2.80. The molecule has 5 nitrogen and oxygen atoms in total. The zero-order chi connectivity index (χ0) is 15.8. The van der Waals surface area contributed by atoms with Gasteiger partial charge >= 0.3 is 12.1 Å². The molecule has 0 spiro atoms. The number of nitrogens with zero attached hydrogens (tertiary/aromatic N) is 3. The van der Waals surface area contributed by atoms with Gasteiger partial charge in [-0.05, 0) is 24.6 Å². The SMILES string of the molecule is CCc1c(C(=O)O)nnn1-c1cc(Br)cc(C(F)(F)F)c1. The maximum Gasteiger partial charge on any atom is 0.416 e. The van der Waals surface area contributed by atoms with E-state index in [0.717, 1.165) is 16.8 Å². The number of halogens is 4. The van der Waals surface area contributed by atoms with Crippen molar-refractivity contribution in [1.82, 2.24) is 15.0 Å². The number of carbonyl (C=O) groups is 1. The molecule has 0 radical (unpaired) electrons. The molecule has 9 heteroatoms. The molecule has 1 heterocycles. The molecule has 0 saturated carbocycles. The Morgan fingerprint density at radius 3 is 2.57 bits per heavy atom. The number of hydrogen-bond acceptors (Lipinski definition) is 3. The second-order valence-electron chi connectivity index (χ2n) is 4.15. The first kappa shape index (κ1) is 15.5. The van der Waals surface area contributed by atoms with Gasteiger partial charge in [0, 0.05) is 4.47 Å². The van der Waals surface area contributed by atoms with E-state index in [1.807, 2.05) is 0 Å². The Bertz CT molecular complexity index is 698. The fourth-order valence-electron chi connectivity index (χ4n) is 1.85. The fraction of sp³-hybridized carbons (Fsp3) is 0.250. The summed E-state index contributed by atoms with van der Waals surface area (Å²) in [7, 11) is 0. The first-order chi connectivity index (χ1) is 9.74. The number of benzene rings is 1. The van der Waals surface area contributed by atoms with Crippen molar-refractivity contribution in [2.45, 2.75) is 19.5 Å². The summed E-state index contributed by atoms with van der Waals surface area (Å²) >= 11 is 3.01. The van der Waals surface area contributed by atoms with Crippen LogP contribution in [0.15, 0.2) is 22.7 Å². The number of rotatable bonds is 3. The van der Waals surface area contributed by atoms with E-state index in [9.17, 15) is 18.0 Å². The highest BCUT2D eigenvalue weighted by Crippen LogP contribution is 2.33. The molecule has 1 aromatic carbocycles. The van der Waals surface area contributed by atoms with Gasteiger partial charge in [-0.1, -0.05) is 28.1 Å². The normalized spacial score (nSPS) is 11.7. The summed E-state index contributed by atoms with van der Waals surface area (Å²) in [5.74, 6) is -1.27. The first-order valence-corrected chi connectivity index (χ1v) is 6.59. The second kappa shape index (κ2) is 5.47. The number of carboxylic acids is 1. The molecule has 2 aromatic rings. The molecular weight excluding hydrogens is 355 g/mol. The predicted molar refractivity (Wildman–Crippen MR) is 70.4 cm³/mol. The quantitative estimate of drug-likeness (QED) is 0.908. The molecule has 1 N–H and O–H groups in total. The molecule has 112 valence electrons. The van der Waals surface area contributed by atoms with Gasteiger partial charge in [0.1, 0.15) is 0 Å². The van der Waals surface area contributed by atoms with Crippen molar-refractivity contribution in [1.29, 1.82) is 0 Å². The van der Waals surface area contributed by atoms with Gasteiger partial charge in [0.2, 0.25) is 0 Å². The van der Waals surface area contributed by atoms with Crippen LogP contribution in [0.1, 0.15) is 28.7 Å². The van der Waals surface area contributed by atoms with Crippen LogP contribution in [0.5, 0.6) is 0 Å². The molecule has 0 saturated heterocycles. The Morgan fingerprint density at radius 1 is 1.38 bits per heavy atom. The molecule has 0 aliphatic heterocycles. The van der Waals surface area contributed by atoms with E-state index in [4.69, 9.17) is 5.11 Å². The maximum absolute atomic E-state index is 12.8. The van der Waals surface area contributed by atoms with E-state index in [1.165, 1.54) is 6.07 Å². The molecule has 0 bridgehead atoms. The second-order valence-corrected chi connectivity index (χ2v) is 5.07. The standard InChI is InChI=1S/C12H9BrF3N3O2/c1-2-9-10(11(20)21)17-18-19(9)8-4-6(12(14,15)16)3-7(13)5-8/h3-5H,2H2,1H3,(H,20,21). The van der Waals surface area contributed by atoms with Crippen LogP contribution in [0.3, 0.4) is 0 Å². The highest BCUT2D eigenvalue weighted by molar-refractivity contribution is 9.10. The number of hydrogen-bond donors (Lipinski definition) is 1. The molecule has 0 unspecified atom stereocenters. The lowest BCUT2D eigenvalue weighted by Gasteiger charge is -2.11. The lowest BCUT2D eigenvalue weighted by atomic mass is 10.2. The molecule has 0 aliphatic rings. The smallest absolute Gasteiger partial charge is 0.416 e. The van der Waals surface area contributed by atoms with Gasteiger partial charge in [-0.15, -0.1) is 5.10 Å². The summed E-state index contributed by atoms with van der Waals surface area (Å²) in [6.45, 7) is 1.67. The summed E-state index contributed by atoms with van der Waals surface area (Å²) < 4.78 is 39.8. The minimum atomic E-state index is -4.51. The van der Waals surface area contributed by atoms with Crippen molar-refractivity contribution >= 4 is 21.9 Å². The Balaban J connectivity index is 2.62. The zero-order valence-corrected chi connectivity index (χ0v) is 12.2. The van der Waals surface area contributed by atoms with Crippen LogP contribution < -0.4 is 0 Å². The van der Waals surface area contributed by atoms with Crippen molar-refractivity contribution in [2.24, 2.45) is 0 Å². The van der Waals surface area contributed by atoms with Gasteiger partial charge in [-0.2, -0.15) is 13.2 Å². The minimum Gasteiger partial charge on any atom is -0.476 e. The van der Waals surface area contributed by atoms with Gasteiger partial charge < -0.3 is 5.11 Å². The predicted octanol–water partition coefficient (Wildman–Crippen LogP) is 3.31. The van der Waals surface area contributed by atoms with E-state index in [0.29, 0.717) is 0 Å². The van der Waals surface area contributed by atoms with Crippen molar-refractivity contribution in [3.05, 3.63) is 39.6 Å². The van der Waals surface area contributed by atoms with Crippen LogP contribution in [-0.2, 0) is 12.6 Å². The fourth-order valence-corrected chi connectivity index (χ4v) is 2.33. The number of carboxylic acid groups (broad SMARTS) is 1. The van der Waals surface area contributed by atoms with Crippen LogP contribution in [0.4, 0.5) is 13.2 Å². The largest absolute Gasteiger partial charge is 0.476 e. The van der Waals surface area contributed by atoms with Gasteiger partial charge in [-0.3, -0.25) is 0 Å². The Morgan fingerprint density at radius 2 is 2.05 bits per heavy atom. The van der Waals surface area contributed by atoms with Crippen molar-refractivity contribution in [3.63, 3.8) is 0 Å². The van der Waals surface area contributed by atoms with Gasteiger partial charge in [0.05, 0.1) is 16.9 Å². The van der Waals surface area contributed by atoms with Gasteiger partial charge in [0.15, 0.2) is 5.69 Å². The van der Waals surface area contributed by atoms with Crippen molar-refractivity contribution in [2.75, 3.05) is 0 Å². The monoisotopic (exact) mass is 363 g/mol. The van der Waals surface area contributed by atoms with Crippen LogP contribution in [-0.4, -0.2) is 26.1 Å². The van der Waals surface area contributed by atoms with E-state index in [2.05, 4.69) is 26.2 Å². The highest BCUT2D eigenvalue weighted by Gasteiger charge is 2.31. The number of aromatic nitrogens is 3. The zero-order valence-electron chi connectivity index (χ0n) is 10.6. The summed E-state index contributed by atoms with van der Waals surface area (Å²) in [5.41, 5.74) is -0.811. The van der Waals surface area contributed by atoms with Gasteiger partial charge in [0.25, 0.3) is 0 Å². The minimum absolute atomic E-state index is 0.0913. The van der Waals surface area contributed by atoms with E-state index in [1.54, 1.807) is 6.92 Å². The van der Waals surface area contributed by atoms with E-state index < -0.39 is 17.7 Å². The molecule has 0 fully saturated rings. The maximum atomic E-state index is 12.8. The Kier molecular flexibility index (Phi) is 4.04. The number of aromatic carboxylic acids is 1. The summed E-state index contributed by atoms with van der Waals surface area (Å²) in [6.07, 6.45) is -4.25. The van der Waals surface area contributed by atoms with E-state index in [-0.39, 0.29) is 28.0 Å². The molecule has 21 heavy (non-hydrogen) atoms. The third-order valence-corrected chi connectivity index (χ3v) is 3.21. The summed E-state index contributed by atoms with van der Waals surface area (Å²) in [5, 5.41) is 16.1. The van der Waals surface area contributed by atoms with Gasteiger partial charge in [-0.25, -0.2) is 9.48 Å². The molecular formula is C12H9BrF3N3O2. The molecule has 0 atom stereocenters. The molecule has 1 aromatic heterocycles. The third-order valence-electron chi connectivity index (χ3n) is 2.76. The Labute approximate surface area is 125 Å². The third kappa shape index (κ3) is 3.07. The summed E-state index contributed by atoms with van der Waals surface area (Å²) in [4.78, 5) is 11.0. The molecule has 0 aliphatic carbocycles.